The van der Waals surface area contributed by atoms with Crippen LogP contribution < -0.4 is 0 Å². The van der Waals surface area contributed by atoms with Gasteiger partial charge in [-0.2, -0.15) is 0 Å². The molecule has 0 radical (unpaired) electrons. The molecule has 8 nitrogen and oxygen atoms in total. The van der Waals surface area contributed by atoms with E-state index in [0.29, 0.717) is 0 Å². The molecule has 0 atom stereocenters. The molecule has 0 unspecified atom stereocenters. The highest BCUT2D eigenvalue weighted by molar-refractivity contribution is 6.25. The molecule has 11 rings (SSSR count). The van der Waals surface area contributed by atoms with Gasteiger partial charge in [-0.05, 0) is 131 Å². The normalized spacial score (nSPS) is 11.2. The minimum absolute atomic E-state index is 0.784. The lowest BCUT2D eigenvalue weighted by Gasteiger charge is -2.25. The summed E-state index contributed by atoms with van der Waals surface area (Å²) in [4.78, 5) is 40.4. The van der Waals surface area contributed by atoms with Crippen LogP contribution in [0.1, 0.15) is 0 Å². The van der Waals surface area contributed by atoms with E-state index >= 15 is 0 Å². The molecule has 0 fully saturated rings. The summed E-state index contributed by atoms with van der Waals surface area (Å²) >= 11 is 0. The fourth-order valence-corrected chi connectivity index (χ4v) is 8.64. The number of hydrogen-bond donors (Lipinski definition) is 0. The van der Waals surface area contributed by atoms with Crippen LogP contribution in [-0.4, -0.2) is 39.9 Å². The first kappa shape index (κ1) is 36.5. The molecule has 8 heteroatoms. The molecule has 0 aliphatic carbocycles. The summed E-state index contributed by atoms with van der Waals surface area (Å²) in [5.74, 6) is 0. The lowest BCUT2D eigenvalue weighted by Crippen LogP contribution is -2.03. The molecule has 0 saturated heterocycles. The predicted molar refractivity (Wildman–Crippen MR) is 247 cm³/mol. The van der Waals surface area contributed by atoms with E-state index in [0.717, 1.165) is 112 Å². The Morgan fingerprint density at radius 3 is 0.484 bits per heavy atom. The average Bonchev–Trinajstić information content (AvgIpc) is 3.36. The molecule has 0 bridgehead atoms. The Balaban J connectivity index is 1.47. The van der Waals surface area contributed by atoms with E-state index in [9.17, 15) is 0 Å². The molecular formula is C54H34N8. The van der Waals surface area contributed by atoms with Gasteiger partial charge in [0.25, 0.3) is 0 Å². The number of aromatic nitrogens is 8. The van der Waals surface area contributed by atoms with Crippen LogP contribution in [0.2, 0.25) is 0 Å². The molecule has 0 aliphatic heterocycles. The second kappa shape index (κ2) is 15.9. The van der Waals surface area contributed by atoms with Crippen molar-refractivity contribution in [2.45, 2.75) is 0 Å². The van der Waals surface area contributed by atoms with Gasteiger partial charge in [-0.1, -0.05) is 48.5 Å². The number of nitrogens with zero attached hydrogens (tertiary/aromatic N) is 8. The summed E-state index contributed by atoms with van der Waals surface area (Å²) < 4.78 is 0. The first-order chi connectivity index (χ1) is 30.8. The van der Waals surface area contributed by atoms with E-state index < -0.39 is 0 Å². The zero-order valence-electron chi connectivity index (χ0n) is 33.2. The summed E-state index contributed by atoms with van der Waals surface area (Å²) in [7, 11) is 0. The van der Waals surface area contributed by atoms with Gasteiger partial charge in [0.2, 0.25) is 0 Å². The third kappa shape index (κ3) is 6.34. The van der Waals surface area contributed by atoms with Crippen molar-refractivity contribution in [3.05, 3.63) is 207 Å². The van der Waals surface area contributed by atoms with Crippen LogP contribution in [-0.2, 0) is 0 Å². The zero-order chi connectivity index (χ0) is 41.2. The highest BCUT2D eigenvalue weighted by Gasteiger charge is 2.31. The zero-order valence-corrected chi connectivity index (χ0v) is 33.2. The number of benzene rings is 3. The quantitative estimate of drug-likeness (QED) is 0.140. The van der Waals surface area contributed by atoms with Crippen LogP contribution in [0.25, 0.3) is 112 Å². The van der Waals surface area contributed by atoms with Crippen LogP contribution >= 0.6 is 0 Å². The SMILES string of the molecule is c1ccc(-c2c(-c3ccccn3)c(-c3ccccn3)c3cc4c(-c5ccccn5)c(-c5ccccn5)c(-c5ccccn5)c(-c5ccccn5)c4cc3c2-c2ccccn2)nc1. The van der Waals surface area contributed by atoms with Gasteiger partial charge >= 0.3 is 0 Å². The second-order valence-electron chi connectivity index (χ2n) is 14.7. The Morgan fingerprint density at radius 2 is 0.339 bits per heavy atom. The lowest BCUT2D eigenvalue weighted by atomic mass is 9.79. The van der Waals surface area contributed by atoms with Crippen molar-refractivity contribution in [1.29, 1.82) is 0 Å². The van der Waals surface area contributed by atoms with Gasteiger partial charge in [-0.15, -0.1) is 0 Å². The molecule has 0 saturated carbocycles. The van der Waals surface area contributed by atoms with E-state index in [4.69, 9.17) is 39.9 Å². The number of rotatable bonds is 8. The van der Waals surface area contributed by atoms with Gasteiger partial charge in [0.1, 0.15) is 0 Å². The Hall–Kier alpha value is -8.62. The van der Waals surface area contributed by atoms with Crippen molar-refractivity contribution in [2.75, 3.05) is 0 Å². The second-order valence-corrected chi connectivity index (χ2v) is 14.7. The largest absolute Gasteiger partial charge is 0.256 e. The summed E-state index contributed by atoms with van der Waals surface area (Å²) in [6.45, 7) is 0. The maximum absolute atomic E-state index is 5.06. The maximum Gasteiger partial charge on any atom is 0.0716 e. The molecule has 0 amide bonds. The summed E-state index contributed by atoms with van der Waals surface area (Å²) in [5, 5.41) is 3.83. The first-order valence-electron chi connectivity index (χ1n) is 20.3. The molecule has 0 N–H and O–H groups in total. The molecule has 62 heavy (non-hydrogen) atoms. The number of pyridine rings is 8. The minimum atomic E-state index is 0.784. The molecule has 0 spiro atoms. The molecule has 0 aliphatic rings. The van der Waals surface area contributed by atoms with Gasteiger partial charge in [0.05, 0.1) is 45.6 Å². The van der Waals surface area contributed by atoms with Crippen molar-refractivity contribution in [2.24, 2.45) is 0 Å². The number of hydrogen-bond acceptors (Lipinski definition) is 8. The van der Waals surface area contributed by atoms with E-state index in [1.54, 1.807) is 0 Å². The fourth-order valence-electron chi connectivity index (χ4n) is 8.64. The fraction of sp³-hybridized carbons (Fsp3) is 0. The topological polar surface area (TPSA) is 103 Å². The van der Waals surface area contributed by atoms with Crippen molar-refractivity contribution >= 4 is 21.5 Å². The lowest BCUT2D eigenvalue weighted by molar-refractivity contribution is 1.28. The first-order valence-corrected chi connectivity index (χ1v) is 20.3. The van der Waals surface area contributed by atoms with E-state index in [-0.39, 0.29) is 0 Å². The van der Waals surface area contributed by atoms with E-state index in [1.807, 2.05) is 147 Å². The van der Waals surface area contributed by atoms with Gasteiger partial charge in [0.15, 0.2) is 0 Å². The third-order valence-electron chi connectivity index (χ3n) is 11.1. The molecule has 11 aromatic rings. The van der Waals surface area contributed by atoms with Crippen molar-refractivity contribution in [3.63, 3.8) is 0 Å². The highest BCUT2D eigenvalue weighted by Crippen LogP contribution is 2.54. The standard InChI is InChI=1S/C54H34N8/c1-9-25-55-39(17-1)47-35-33-37-38(34-36(35)48(40-18-2-10-26-56-40)52(44-22-6-14-30-60-44)51(47)43-21-5-13-29-59-43)50(42-20-4-12-28-58-42)54(46-24-8-16-32-62-46)53(45-23-7-15-31-61-45)49(37)41-19-3-11-27-57-41/h1-34H. The predicted octanol–water partition coefficient (Wildman–Crippen LogP) is 12.5. The molecular weight excluding hydrogens is 761 g/mol. The Morgan fingerprint density at radius 1 is 0.177 bits per heavy atom. The molecule has 8 aromatic heterocycles. The minimum Gasteiger partial charge on any atom is -0.256 e. The molecule has 8 heterocycles. The average molecular weight is 795 g/mol. The van der Waals surface area contributed by atoms with Gasteiger partial charge in [0, 0.05) is 94.1 Å². The van der Waals surface area contributed by atoms with Crippen molar-refractivity contribution in [3.8, 4) is 90.1 Å². The summed E-state index contributed by atoms with van der Waals surface area (Å²) in [5.41, 5.74) is 13.6. The van der Waals surface area contributed by atoms with Crippen LogP contribution in [0.15, 0.2) is 207 Å². The smallest absolute Gasteiger partial charge is 0.0716 e. The molecule has 290 valence electrons. The summed E-state index contributed by atoms with van der Waals surface area (Å²) in [6.07, 6.45) is 14.7. The highest BCUT2D eigenvalue weighted by atomic mass is 14.7. The monoisotopic (exact) mass is 794 g/mol. The van der Waals surface area contributed by atoms with Crippen LogP contribution in [0.3, 0.4) is 0 Å². The van der Waals surface area contributed by atoms with Crippen LogP contribution in [0.4, 0.5) is 0 Å². The van der Waals surface area contributed by atoms with Gasteiger partial charge < -0.3 is 0 Å². The number of fused-ring (bicyclic) bond motifs is 2. The van der Waals surface area contributed by atoms with Gasteiger partial charge in [-0.3, -0.25) is 39.9 Å². The summed E-state index contributed by atoms with van der Waals surface area (Å²) in [6, 6.07) is 52.8. The van der Waals surface area contributed by atoms with Gasteiger partial charge in [-0.25, -0.2) is 0 Å². The Labute approximate surface area is 357 Å². The van der Waals surface area contributed by atoms with Crippen molar-refractivity contribution < 1.29 is 0 Å². The Kier molecular flexibility index (Phi) is 9.33. The third-order valence-corrected chi connectivity index (χ3v) is 11.1. The van der Waals surface area contributed by atoms with Crippen molar-refractivity contribution in [1.82, 2.24) is 39.9 Å². The van der Waals surface area contributed by atoms with Crippen LogP contribution in [0, 0.1) is 0 Å². The maximum atomic E-state index is 5.06. The molecule has 3 aromatic carbocycles. The Bertz CT molecular complexity index is 2890. The van der Waals surface area contributed by atoms with E-state index in [1.165, 1.54) is 0 Å². The van der Waals surface area contributed by atoms with Crippen LogP contribution in [0.5, 0.6) is 0 Å². The van der Waals surface area contributed by atoms with E-state index in [2.05, 4.69) is 60.7 Å².